The van der Waals surface area contributed by atoms with Crippen molar-refractivity contribution in [2.75, 3.05) is 7.11 Å². The molecule has 1 aromatic rings. The highest BCUT2D eigenvalue weighted by atomic mass is 16.5. The number of carbonyl (C=O) groups excluding carboxylic acids is 2. The van der Waals surface area contributed by atoms with Crippen LogP contribution >= 0.6 is 0 Å². The van der Waals surface area contributed by atoms with Crippen LogP contribution < -0.4 is 15.9 Å². The summed E-state index contributed by atoms with van der Waals surface area (Å²) in [5.74, 6) is -1.88. The Morgan fingerprint density at radius 1 is 1.53 bits per heavy atom. The molecule has 0 aliphatic heterocycles. The molecule has 0 aliphatic rings. The average Bonchev–Trinajstić information content (AvgIpc) is 2.29. The average molecular weight is 237 g/mol. The predicted molar refractivity (Wildman–Crippen MR) is 59.6 cm³/mol. The fourth-order valence-corrected chi connectivity index (χ4v) is 1.01. The van der Waals surface area contributed by atoms with Crippen LogP contribution in [0.3, 0.4) is 0 Å². The van der Waals surface area contributed by atoms with Gasteiger partial charge in [-0.1, -0.05) is 0 Å². The van der Waals surface area contributed by atoms with Crippen molar-refractivity contribution in [3.05, 3.63) is 23.8 Å². The van der Waals surface area contributed by atoms with E-state index in [1.165, 1.54) is 25.5 Å². The molecule has 0 atom stereocenters. The molecule has 90 valence electrons. The SMILES string of the molecule is COc1ccc(C=NNC(=O)C(N)=O)cc1O. The number of rotatable bonds is 3. The lowest BCUT2D eigenvalue weighted by molar-refractivity contribution is -0.137. The van der Waals surface area contributed by atoms with Gasteiger partial charge in [0.25, 0.3) is 0 Å². The van der Waals surface area contributed by atoms with E-state index in [2.05, 4.69) is 5.10 Å². The number of benzene rings is 1. The van der Waals surface area contributed by atoms with Gasteiger partial charge >= 0.3 is 11.8 Å². The predicted octanol–water partition coefficient (Wildman–Crippen LogP) is -0.664. The molecule has 4 N–H and O–H groups in total. The van der Waals surface area contributed by atoms with Crippen molar-refractivity contribution in [2.45, 2.75) is 0 Å². The van der Waals surface area contributed by atoms with E-state index in [0.717, 1.165) is 0 Å². The van der Waals surface area contributed by atoms with Crippen LogP contribution in [0.1, 0.15) is 5.56 Å². The van der Waals surface area contributed by atoms with Crippen LogP contribution in [0.5, 0.6) is 11.5 Å². The molecule has 0 fully saturated rings. The number of methoxy groups -OCH3 is 1. The van der Waals surface area contributed by atoms with Crippen LogP contribution in [0, 0.1) is 0 Å². The minimum Gasteiger partial charge on any atom is -0.504 e. The number of nitrogens with two attached hydrogens (primary N) is 1. The molecule has 17 heavy (non-hydrogen) atoms. The minimum atomic E-state index is -1.13. The van der Waals surface area contributed by atoms with Crippen molar-refractivity contribution >= 4 is 18.0 Å². The van der Waals surface area contributed by atoms with Crippen molar-refractivity contribution in [3.63, 3.8) is 0 Å². The van der Waals surface area contributed by atoms with Crippen LogP contribution in [-0.4, -0.2) is 30.2 Å². The van der Waals surface area contributed by atoms with Gasteiger partial charge in [0.15, 0.2) is 11.5 Å². The van der Waals surface area contributed by atoms with E-state index in [4.69, 9.17) is 10.5 Å². The molecule has 2 amide bonds. The number of aromatic hydroxyl groups is 1. The fourth-order valence-electron chi connectivity index (χ4n) is 1.01. The van der Waals surface area contributed by atoms with Gasteiger partial charge < -0.3 is 15.6 Å². The molecule has 0 aliphatic carbocycles. The Morgan fingerprint density at radius 2 is 2.24 bits per heavy atom. The molecule has 0 radical (unpaired) electrons. The number of primary amides is 1. The Hall–Kier alpha value is -2.57. The van der Waals surface area contributed by atoms with Gasteiger partial charge in [-0.3, -0.25) is 9.59 Å². The Balaban J connectivity index is 2.69. The second-order valence-corrected chi connectivity index (χ2v) is 2.99. The lowest BCUT2D eigenvalue weighted by Crippen LogP contribution is -2.32. The summed E-state index contributed by atoms with van der Waals surface area (Å²) in [7, 11) is 1.43. The number of hydrogen-bond acceptors (Lipinski definition) is 5. The number of nitrogens with one attached hydrogen (secondary N) is 1. The molecule has 0 spiro atoms. The summed E-state index contributed by atoms with van der Waals surface area (Å²) >= 11 is 0. The zero-order valence-corrected chi connectivity index (χ0v) is 9.01. The van der Waals surface area contributed by atoms with Gasteiger partial charge in [0, 0.05) is 0 Å². The van der Waals surface area contributed by atoms with Gasteiger partial charge in [-0.05, 0) is 23.8 Å². The molecular weight excluding hydrogens is 226 g/mol. The third-order valence-electron chi connectivity index (χ3n) is 1.81. The normalized spacial score (nSPS) is 10.2. The van der Waals surface area contributed by atoms with E-state index in [9.17, 15) is 14.7 Å². The first kappa shape index (κ1) is 12.5. The summed E-state index contributed by atoms with van der Waals surface area (Å²) in [6, 6.07) is 4.53. The van der Waals surface area contributed by atoms with Crippen LogP contribution in [0.2, 0.25) is 0 Å². The third kappa shape index (κ3) is 3.49. The van der Waals surface area contributed by atoms with E-state index < -0.39 is 11.8 Å². The lowest BCUT2D eigenvalue weighted by atomic mass is 10.2. The monoisotopic (exact) mass is 237 g/mol. The third-order valence-corrected chi connectivity index (χ3v) is 1.81. The fraction of sp³-hybridized carbons (Fsp3) is 0.100. The van der Waals surface area contributed by atoms with Gasteiger partial charge in [0.05, 0.1) is 13.3 Å². The standard InChI is InChI=1S/C10H11N3O4/c1-17-8-3-2-6(4-7(8)14)5-12-13-10(16)9(11)15/h2-5,14H,1H3,(H2,11,15)(H,13,16). The molecule has 0 heterocycles. The number of phenols is 1. The minimum absolute atomic E-state index is 0.0577. The molecule has 0 bridgehead atoms. The molecule has 0 saturated heterocycles. The molecule has 1 rings (SSSR count). The number of amides is 2. The molecule has 7 heteroatoms. The second-order valence-electron chi connectivity index (χ2n) is 2.99. The van der Waals surface area contributed by atoms with Crippen molar-refractivity contribution in [1.82, 2.24) is 5.43 Å². The van der Waals surface area contributed by atoms with Crippen LogP contribution in [0.15, 0.2) is 23.3 Å². The van der Waals surface area contributed by atoms with Gasteiger partial charge in [0.1, 0.15) is 0 Å². The van der Waals surface area contributed by atoms with Crippen molar-refractivity contribution in [2.24, 2.45) is 10.8 Å². The molecule has 7 nitrogen and oxygen atoms in total. The summed E-state index contributed by atoms with van der Waals surface area (Å²) in [4.78, 5) is 21.1. The lowest BCUT2D eigenvalue weighted by Gasteiger charge is -2.02. The maximum atomic E-state index is 10.7. The summed E-state index contributed by atoms with van der Waals surface area (Å²) < 4.78 is 4.85. The highest BCUT2D eigenvalue weighted by molar-refractivity contribution is 6.34. The number of hydrazone groups is 1. The largest absolute Gasteiger partial charge is 0.504 e. The quantitative estimate of drug-likeness (QED) is 0.367. The zero-order chi connectivity index (χ0) is 12.8. The Bertz CT molecular complexity index is 471. The first-order valence-electron chi connectivity index (χ1n) is 4.54. The number of nitrogens with zero attached hydrogens (tertiary/aromatic N) is 1. The van der Waals surface area contributed by atoms with E-state index in [0.29, 0.717) is 11.3 Å². The van der Waals surface area contributed by atoms with E-state index in [1.807, 2.05) is 5.43 Å². The summed E-state index contributed by atoms with van der Waals surface area (Å²) in [5.41, 5.74) is 7.14. The Morgan fingerprint density at radius 3 is 2.76 bits per heavy atom. The highest BCUT2D eigenvalue weighted by Crippen LogP contribution is 2.25. The van der Waals surface area contributed by atoms with Crippen LogP contribution in [-0.2, 0) is 9.59 Å². The first-order chi connectivity index (χ1) is 8.04. The Kier molecular flexibility index (Phi) is 4.04. The summed E-state index contributed by atoms with van der Waals surface area (Å²) in [5, 5.41) is 12.9. The van der Waals surface area contributed by atoms with E-state index in [1.54, 1.807) is 6.07 Å². The molecular formula is C10H11N3O4. The van der Waals surface area contributed by atoms with Crippen molar-refractivity contribution in [1.29, 1.82) is 0 Å². The first-order valence-corrected chi connectivity index (χ1v) is 4.54. The summed E-state index contributed by atoms with van der Waals surface area (Å²) in [6.45, 7) is 0. The number of ether oxygens (including phenoxy) is 1. The number of phenolic OH excluding ortho intramolecular Hbond substituents is 1. The van der Waals surface area contributed by atoms with Gasteiger partial charge in [0.2, 0.25) is 0 Å². The zero-order valence-electron chi connectivity index (χ0n) is 9.01. The van der Waals surface area contributed by atoms with Gasteiger partial charge in [-0.2, -0.15) is 5.10 Å². The van der Waals surface area contributed by atoms with Crippen LogP contribution in [0.25, 0.3) is 0 Å². The van der Waals surface area contributed by atoms with Gasteiger partial charge in [-0.15, -0.1) is 0 Å². The maximum Gasteiger partial charge on any atom is 0.329 e. The molecule has 0 unspecified atom stereocenters. The molecule has 0 saturated carbocycles. The maximum absolute atomic E-state index is 10.7. The van der Waals surface area contributed by atoms with Crippen molar-refractivity contribution < 1.29 is 19.4 Å². The highest BCUT2D eigenvalue weighted by Gasteiger charge is 2.05. The topological polar surface area (TPSA) is 114 Å². The van der Waals surface area contributed by atoms with E-state index >= 15 is 0 Å². The smallest absolute Gasteiger partial charge is 0.329 e. The van der Waals surface area contributed by atoms with Crippen LogP contribution in [0.4, 0.5) is 0 Å². The summed E-state index contributed by atoms with van der Waals surface area (Å²) in [6.07, 6.45) is 1.25. The van der Waals surface area contributed by atoms with E-state index in [-0.39, 0.29) is 5.75 Å². The van der Waals surface area contributed by atoms with Crippen molar-refractivity contribution in [3.8, 4) is 11.5 Å². The number of carbonyl (C=O) groups is 2. The molecule has 1 aromatic carbocycles. The second kappa shape index (κ2) is 5.50. The van der Waals surface area contributed by atoms with Gasteiger partial charge in [-0.25, -0.2) is 5.43 Å². The Labute approximate surface area is 96.9 Å². The number of hydrogen-bond donors (Lipinski definition) is 3. The molecule has 0 aromatic heterocycles.